The summed E-state index contributed by atoms with van der Waals surface area (Å²) in [6.07, 6.45) is -0.534. The lowest BCUT2D eigenvalue weighted by molar-refractivity contribution is 0.0333. The van der Waals surface area contributed by atoms with Crippen molar-refractivity contribution in [2.45, 2.75) is 13.0 Å². The van der Waals surface area contributed by atoms with Crippen molar-refractivity contribution >= 4 is 27.5 Å². The maximum Gasteiger partial charge on any atom is 0.342 e. The maximum atomic E-state index is 13.4. The van der Waals surface area contributed by atoms with Crippen molar-refractivity contribution in [3.8, 4) is 5.75 Å². The van der Waals surface area contributed by atoms with Gasteiger partial charge in [-0.15, -0.1) is 11.3 Å². The zero-order valence-corrected chi connectivity index (χ0v) is 13.4. The largest absolute Gasteiger partial charge is 0.496 e. The number of nitrogens with zero attached hydrogens (tertiary/aromatic N) is 1. The minimum atomic E-state index is -0.645. The topological polar surface area (TPSA) is 48.4 Å². The van der Waals surface area contributed by atoms with Crippen molar-refractivity contribution in [3.63, 3.8) is 0 Å². The lowest BCUT2D eigenvalue weighted by atomic mass is 10.2. The van der Waals surface area contributed by atoms with Crippen LogP contribution in [0.4, 0.5) is 4.39 Å². The van der Waals surface area contributed by atoms with E-state index < -0.39 is 17.9 Å². The summed E-state index contributed by atoms with van der Waals surface area (Å²) in [6, 6.07) is 11.4. The summed E-state index contributed by atoms with van der Waals surface area (Å²) in [5, 5.41) is 0.690. The standard InChI is InChI=1S/C17H14FNO3S/c1-10(16-19-13-5-3-4-6-15(13)23-16)22-17(20)12-9-11(18)7-8-14(12)21-2/h3-10H,1-2H3. The molecule has 2 aromatic carbocycles. The molecule has 118 valence electrons. The molecule has 4 nitrogen and oxygen atoms in total. The summed E-state index contributed by atoms with van der Waals surface area (Å²) in [4.78, 5) is 16.7. The van der Waals surface area contributed by atoms with Crippen LogP contribution in [0.3, 0.4) is 0 Å². The van der Waals surface area contributed by atoms with Crippen molar-refractivity contribution in [3.05, 3.63) is 58.9 Å². The fraction of sp³-hybridized carbons (Fsp3) is 0.176. The first-order valence-corrected chi connectivity index (χ1v) is 7.80. The third-order valence-electron chi connectivity index (χ3n) is 3.32. The van der Waals surface area contributed by atoms with Gasteiger partial charge in [0.2, 0.25) is 0 Å². The third kappa shape index (κ3) is 3.17. The van der Waals surface area contributed by atoms with Crippen LogP contribution in [-0.4, -0.2) is 18.1 Å². The van der Waals surface area contributed by atoms with E-state index in [9.17, 15) is 9.18 Å². The molecule has 1 aromatic heterocycles. The Kier molecular flexibility index (Phi) is 4.25. The summed E-state index contributed by atoms with van der Waals surface area (Å²) in [6.45, 7) is 1.74. The molecule has 23 heavy (non-hydrogen) atoms. The number of carbonyl (C=O) groups excluding carboxylic acids is 1. The minimum Gasteiger partial charge on any atom is -0.496 e. The van der Waals surface area contributed by atoms with Gasteiger partial charge in [-0.1, -0.05) is 12.1 Å². The molecule has 0 amide bonds. The predicted octanol–water partition coefficient (Wildman–Crippen LogP) is 4.36. The summed E-state index contributed by atoms with van der Waals surface area (Å²) < 4.78 is 24.9. The Morgan fingerprint density at radius 3 is 2.78 bits per heavy atom. The van der Waals surface area contributed by atoms with E-state index >= 15 is 0 Å². The van der Waals surface area contributed by atoms with E-state index in [2.05, 4.69) is 4.98 Å². The second-order valence-corrected chi connectivity index (χ2v) is 5.97. The molecule has 0 fully saturated rings. The molecule has 0 saturated heterocycles. The number of fused-ring (bicyclic) bond motifs is 1. The molecule has 3 aromatic rings. The van der Waals surface area contributed by atoms with E-state index in [0.29, 0.717) is 5.01 Å². The van der Waals surface area contributed by atoms with Crippen LogP contribution < -0.4 is 4.74 Å². The van der Waals surface area contributed by atoms with E-state index in [4.69, 9.17) is 9.47 Å². The molecule has 3 rings (SSSR count). The van der Waals surface area contributed by atoms with Crippen LogP contribution in [0.1, 0.15) is 28.4 Å². The summed E-state index contributed by atoms with van der Waals surface area (Å²) in [7, 11) is 1.42. The quantitative estimate of drug-likeness (QED) is 0.666. The molecule has 0 spiro atoms. The average Bonchev–Trinajstić information content (AvgIpc) is 2.99. The predicted molar refractivity (Wildman–Crippen MR) is 86.4 cm³/mol. The van der Waals surface area contributed by atoms with Gasteiger partial charge in [-0.05, 0) is 37.3 Å². The normalized spacial score (nSPS) is 12.1. The molecular formula is C17H14FNO3S. The van der Waals surface area contributed by atoms with Gasteiger partial charge in [0, 0.05) is 0 Å². The second kappa shape index (κ2) is 6.34. The Balaban J connectivity index is 1.83. The van der Waals surface area contributed by atoms with Crippen molar-refractivity contribution in [1.82, 2.24) is 4.98 Å². The van der Waals surface area contributed by atoms with Crippen LogP contribution in [0.25, 0.3) is 10.2 Å². The van der Waals surface area contributed by atoms with Gasteiger partial charge >= 0.3 is 5.97 Å². The Morgan fingerprint density at radius 1 is 1.26 bits per heavy atom. The van der Waals surface area contributed by atoms with Crippen LogP contribution in [0, 0.1) is 5.82 Å². The first kappa shape index (κ1) is 15.4. The highest BCUT2D eigenvalue weighted by atomic mass is 32.1. The van der Waals surface area contributed by atoms with Gasteiger partial charge in [-0.2, -0.15) is 0 Å². The van der Waals surface area contributed by atoms with Crippen LogP contribution in [0.15, 0.2) is 42.5 Å². The van der Waals surface area contributed by atoms with E-state index in [1.165, 1.54) is 30.6 Å². The molecule has 1 unspecified atom stereocenters. The molecule has 0 saturated carbocycles. The van der Waals surface area contributed by atoms with Crippen molar-refractivity contribution in [1.29, 1.82) is 0 Å². The van der Waals surface area contributed by atoms with Crippen LogP contribution >= 0.6 is 11.3 Å². The lowest BCUT2D eigenvalue weighted by Crippen LogP contribution is -2.10. The maximum absolute atomic E-state index is 13.4. The first-order valence-electron chi connectivity index (χ1n) is 6.98. The number of halogens is 1. The highest BCUT2D eigenvalue weighted by Gasteiger charge is 2.20. The monoisotopic (exact) mass is 331 g/mol. The minimum absolute atomic E-state index is 0.0560. The smallest absolute Gasteiger partial charge is 0.342 e. The molecular weight excluding hydrogens is 317 g/mol. The fourth-order valence-electron chi connectivity index (χ4n) is 2.18. The van der Waals surface area contributed by atoms with Gasteiger partial charge < -0.3 is 9.47 Å². The molecule has 0 aliphatic heterocycles. The number of hydrogen-bond acceptors (Lipinski definition) is 5. The second-order valence-electron chi connectivity index (χ2n) is 4.91. The average molecular weight is 331 g/mol. The van der Waals surface area contributed by atoms with E-state index in [1.54, 1.807) is 6.92 Å². The number of carbonyl (C=O) groups is 1. The van der Waals surface area contributed by atoms with E-state index in [0.717, 1.165) is 16.3 Å². The number of thiazole rings is 1. The van der Waals surface area contributed by atoms with Crippen molar-refractivity contribution < 1.29 is 18.7 Å². The number of ether oxygens (including phenoxy) is 2. The SMILES string of the molecule is COc1ccc(F)cc1C(=O)OC(C)c1nc2ccccc2s1. The van der Waals surface area contributed by atoms with Crippen molar-refractivity contribution in [2.24, 2.45) is 0 Å². The van der Waals surface area contributed by atoms with E-state index in [-0.39, 0.29) is 11.3 Å². The molecule has 0 aliphatic rings. The molecule has 0 aliphatic carbocycles. The highest BCUT2D eigenvalue weighted by molar-refractivity contribution is 7.18. The Bertz CT molecular complexity index is 829. The van der Waals surface area contributed by atoms with Crippen LogP contribution in [0.5, 0.6) is 5.75 Å². The zero-order valence-electron chi connectivity index (χ0n) is 12.6. The summed E-state index contributed by atoms with van der Waals surface area (Å²) in [5.41, 5.74) is 0.916. The van der Waals surface area contributed by atoms with Gasteiger partial charge in [-0.25, -0.2) is 14.2 Å². The fourth-order valence-corrected chi connectivity index (χ4v) is 3.13. The van der Waals surface area contributed by atoms with Gasteiger partial charge in [0.15, 0.2) is 6.10 Å². The number of esters is 1. The Hall–Kier alpha value is -2.47. The molecule has 1 heterocycles. The highest BCUT2D eigenvalue weighted by Crippen LogP contribution is 2.29. The number of hydrogen-bond donors (Lipinski definition) is 0. The molecule has 6 heteroatoms. The van der Waals surface area contributed by atoms with Crippen LogP contribution in [-0.2, 0) is 4.74 Å². The third-order valence-corrected chi connectivity index (χ3v) is 4.52. The van der Waals surface area contributed by atoms with Gasteiger partial charge in [0.05, 0.1) is 17.3 Å². The summed E-state index contributed by atoms with van der Waals surface area (Å²) in [5.74, 6) is -0.897. The van der Waals surface area contributed by atoms with Crippen molar-refractivity contribution in [2.75, 3.05) is 7.11 Å². The van der Waals surface area contributed by atoms with Gasteiger partial charge in [-0.3, -0.25) is 0 Å². The summed E-state index contributed by atoms with van der Waals surface area (Å²) >= 11 is 1.46. The zero-order chi connectivity index (χ0) is 16.4. The molecule has 0 N–H and O–H groups in total. The number of aromatic nitrogens is 1. The molecule has 1 atom stereocenters. The Morgan fingerprint density at radius 2 is 2.04 bits per heavy atom. The number of benzene rings is 2. The van der Waals surface area contributed by atoms with Gasteiger partial charge in [0.25, 0.3) is 0 Å². The van der Waals surface area contributed by atoms with E-state index in [1.807, 2.05) is 24.3 Å². The van der Waals surface area contributed by atoms with Crippen LogP contribution in [0.2, 0.25) is 0 Å². The lowest BCUT2D eigenvalue weighted by Gasteiger charge is -2.12. The van der Waals surface area contributed by atoms with Gasteiger partial charge in [0.1, 0.15) is 22.1 Å². The number of rotatable bonds is 4. The molecule has 0 bridgehead atoms. The first-order chi connectivity index (χ1) is 11.1. The number of para-hydroxylation sites is 1. The Labute approximate surface area is 136 Å². The number of methoxy groups -OCH3 is 1. The molecule has 0 radical (unpaired) electrons.